The monoisotopic (exact) mass is 511 g/mol. The van der Waals surface area contributed by atoms with Crippen LogP contribution in [-0.2, 0) is 11.4 Å². The molecule has 9 heteroatoms. The van der Waals surface area contributed by atoms with Gasteiger partial charge in [-0.25, -0.2) is 0 Å². The second-order valence-corrected chi connectivity index (χ2v) is 7.88. The molecule has 0 aliphatic carbocycles. The highest BCUT2D eigenvalue weighted by molar-refractivity contribution is 9.10. The Labute approximate surface area is 197 Å². The first-order valence-corrected chi connectivity index (χ1v) is 10.4. The van der Waals surface area contributed by atoms with Gasteiger partial charge in [0.1, 0.15) is 24.0 Å². The topological polar surface area (TPSA) is 105 Å². The Bertz CT molecular complexity index is 1220. The fraction of sp³-hybridized carbons (Fsp3) is 0.0435. The fourth-order valence-corrected chi connectivity index (χ4v) is 3.12. The summed E-state index contributed by atoms with van der Waals surface area (Å²) in [5.41, 5.74) is 1.56. The zero-order valence-electron chi connectivity index (χ0n) is 16.4. The summed E-state index contributed by atoms with van der Waals surface area (Å²) in [5, 5.41) is 23.4. The Balaban J connectivity index is 1.79. The van der Waals surface area contributed by atoms with Crippen molar-refractivity contribution in [3.05, 3.63) is 103 Å². The molecule has 0 atom stereocenters. The van der Waals surface area contributed by atoms with Gasteiger partial charge in [-0.2, -0.15) is 5.26 Å². The number of anilines is 1. The van der Waals surface area contributed by atoms with Crippen molar-refractivity contribution in [2.24, 2.45) is 0 Å². The zero-order valence-corrected chi connectivity index (χ0v) is 18.8. The maximum absolute atomic E-state index is 12.6. The van der Waals surface area contributed by atoms with Gasteiger partial charge in [0, 0.05) is 32.9 Å². The van der Waals surface area contributed by atoms with Crippen molar-refractivity contribution in [2.45, 2.75) is 6.61 Å². The fourth-order valence-electron chi connectivity index (χ4n) is 2.67. The number of benzene rings is 3. The predicted molar refractivity (Wildman–Crippen MR) is 125 cm³/mol. The molecule has 160 valence electrons. The maximum Gasteiger partial charge on any atom is 0.269 e. The Morgan fingerprint density at radius 1 is 1.16 bits per heavy atom. The zero-order chi connectivity index (χ0) is 23.1. The van der Waals surface area contributed by atoms with E-state index >= 15 is 0 Å². The quantitative estimate of drug-likeness (QED) is 0.177. The first-order valence-electron chi connectivity index (χ1n) is 9.20. The summed E-state index contributed by atoms with van der Waals surface area (Å²) in [4.78, 5) is 22.9. The van der Waals surface area contributed by atoms with Crippen LogP contribution in [0.25, 0.3) is 6.08 Å². The lowest BCUT2D eigenvalue weighted by molar-refractivity contribution is -0.384. The maximum atomic E-state index is 12.6. The summed E-state index contributed by atoms with van der Waals surface area (Å²) in [5.74, 6) is -0.173. The number of nitrogens with one attached hydrogen (secondary N) is 1. The molecule has 0 saturated carbocycles. The standard InChI is InChI=1S/C23H15BrClN3O4/c24-18-3-6-20(7-4-18)27-23(29)17(13-26)11-16-12-19(25)5-10-22(16)32-14-15-1-8-21(9-2-15)28(30)31/h1-12H,14H2,(H,27,29)/b17-11+. The Morgan fingerprint density at radius 2 is 1.84 bits per heavy atom. The molecule has 0 bridgehead atoms. The molecule has 3 aromatic rings. The summed E-state index contributed by atoms with van der Waals surface area (Å²) in [6, 6.07) is 19.6. The number of hydrogen-bond donors (Lipinski definition) is 1. The normalized spacial score (nSPS) is 10.8. The Kier molecular flexibility index (Phi) is 7.60. The van der Waals surface area contributed by atoms with Gasteiger partial charge in [-0.05, 0) is 66.2 Å². The van der Waals surface area contributed by atoms with Crippen LogP contribution in [0.1, 0.15) is 11.1 Å². The summed E-state index contributed by atoms with van der Waals surface area (Å²) < 4.78 is 6.68. The van der Waals surface area contributed by atoms with Crippen LogP contribution in [0.4, 0.5) is 11.4 Å². The van der Waals surface area contributed by atoms with Gasteiger partial charge >= 0.3 is 0 Å². The number of rotatable bonds is 7. The van der Waals surface area contributed by atoms with Crippen LogP contribution in [0.5, 0.6) is 5.75 Å². The summed E-state index contributed by atoms with van der Waals surface area (Å²) in [7, 11) is 0. The highest BCUT2D eigenvalue weighted by atomic mass is 79.9. The first kappa shape index (κ1) is 23.0. The van der Waals surface area contributed by atoms with E-state index in [0.29, 0.717) is 27.6 Å². The van der Waals surface area contributed by atoms with Crippen LogP contribution in [0.3, 0.4) is 0 Å². The highest BCUT2D eigenvalue weighted by Crippen LogP contribution is 2.27. The van der Waals surface area contributed by atoms with Gasteiger partial charge in [0.2, 0.25) is 0 Å². The van der Waals surface area contributed by atoms with E-state index in [-0.39, 0.29) is 17.9 Å². The summed E-state index contributed by atoms with van der Waals surface area (Å²) >= 11 is 9.42. The number of halogens is 2. The molecule has 0 radical (unpaired) electrons. The summed E-state index contributed by atoms with van der Waals surface area (Å²) in [6.45, 7) is 0.132. The number of nitriles is 1. The van der Waals surface area contributed by atoms with Gasteiger partial charge in [-0.15, -0.1) is 0 Å². The van der Waals surface area contributed by atoms with Gasteiger partial charge < -0.3 is 10.1 Å². The molecule has 0 saturated heterocycles. The van der Waals surface area contributed by atoms with Crippen LogP contribution in [-0.4, -0.2) is 10.8 Å². The van der Waals surface area contributed by atoms with Gasteiger partial charge in [0.05, 0.1) is 4.92 Å². The Morgan fingerprint density at radius 3 is 2.47 bits per heavy atom. The molecular formula is C23H15BrClN3O4. The SMILES string of the molecule is N#C/C(=C\c1cc(Cl)ccc1OCc1ccc([N+](=O)[O-])cc1)C(=O)Nc1ccc(Br)cc1. The molecule has 0 unspecified atom stereocenters. The van der Waals surface area contributed by atoms with E-state index in [4.69, 9.17) is 16.3 Å². The number of ether oxygens (including phenoxy) is 1. The van der Waals surface area contributed by atoms with Crippen LogP contribution in [0.2, 0.25) is 5.02 Å². The second-order valence-electron chi connectivity index (χ2n) is 6.53. The number of nitro groups is 1. The van der Waals surface area contributed by atoms with Crippen LogP contribution in [0, 0.1) is 21.4 Å². The van der Waals surface area contributed by atoms with Gasteiger partial charge in [0.15, 0.2) is 0 Å². The smallest absolute Gasteiger partial charge is 0.269 e. The third kappa shape index (κ3) is 6.17. The van der Waals surface area contributed by atoms with Crippen LogP contribution < -0.4 is 10.1 Å². The molecule has 0 aliphatic heterocycles. The van der Waals surface area contributed by atoms with Crippen molar-refractivity contribution in [3.63, 3.8) is 0 Å². The van der Waals surface area contributed by atoms with E-state index < -0.39 is 10.8 Å². The molecule has 1 amide bonds. The Hall–Kier alpha value is -3.67. The number of nitro benzene ring substituents is 1. The van der Waals surface area contributed by atoms with Gasteiger partial charge in [0.25, 0.3) is 11.6 Å². The lowest BCUT2D eigenvalue weighted by Gasteiger charge is -2.11. The van der Waals surface area contributed by atoms with Crippen molar-refractivity contribution in [1.82, 2.24) is 0 Å². The molecule has 7 nitrogen and oxygen atoms in total. The number of nitrogens with zero attached hydrogens (tertiary/aromatic N) is 2. The minimum Gasteiger partial charge on any atom is -0.488 e. The van der Waals surface area contributed by atoms with E-state index in [1.54, 1.807) is 54.6 Å². The van der Waals surface area contributed by atoms with Crippen molar-refractivity contribution in [1.29, 1.82) is 5.26 Å². The molecule has 3 aromatic carbocycles. The second kappa shape index (κ2) is 10.6. The molecule has 32 heavy (non-hydrogen) atoms. The lowest BCUT2D eigenvalue weighted by Crippen LogP contribution is -2.13. The first-order chi connectivity index (χ1) is 15.4. The minimum atomic E-state index is -0.573. The van der Waals surface area contributed by atoms with Crippen LogP contribution in [0.15, 0.2) is 76.8 Å². The van der Waals surface area contributed by atoms with E-state index in [2.05, 4.69) is 21.2 Å². The van der Waals surface area contributed by atoms with E-state index in [0.717, 1.165) is 4.47 Å². The highest BCUT2D eigenvalue weighted by Gasteiger charge is 2.13. The number of carbonyl (C=O) groups excluding carboxylic acids is 1. The minimum absolute atomic E-state index is 0.0145. The summed E-state index contributed by atoms with van der Waals surface area (Å²) in [6.07, 6.45) is 1.39. The number of carbonyl (C=O) groups is 1. The molecule has 0 fully saturated rings. The van der Waals surface area contributed by atoms with E-state index in [1.165, 1.54) is 18.2 Å². The molecule has 0 aromatic heterocycles. The number of hydrogen-bond acceptors (Lipinski definition) is 5. The van der Waals surface area contributed by atoms with Crippen molar-refractivity contribution >= 4 is 50.9 Å². The third-order valence-electron chi connectivity index (χ3n) is 4.28. The molecule has 0 heterocycles. The molecule has 3 rings (SSSR count). The number of amides is 1. The van der Waals surface area contributed by atoms with Gasteiger partial charge in [-0.1, -0.05) is 27.5 Å². The molecule has 0 spiro atoms. The van der Waals surface area contributed by atoms with Crippen LogP contribution >= 0.6 is 27.5 Å². The largest absolute Gasteiger partial charge is 0.488 e. The lowest BCUT2D eigenvalue weighted by atomic mass is 10.1. The third-order valence-corrected chi connectivity index (χ3v) is 5.04. The molecular weight excluding hydrogens is 498 g/mol. The van der Waals surface area contributed by atoms with Crippen molar-refractivity contribution in [3.8, 4) is 11.8 Å². The van der Waals surface area contributed by atoms with E-state index in [9.17, 15) is 20.2 Å². The van der Waals surface area contributed by atoms with Gasteiger partial charge in [-0.3, -0.25) is 14.9 Å². The molecule has 0 aliphatic rings. The molecule has 1 N–H and O–H groups in total. The number of non-ortho nitro benzene ring substituents is 1. The average Bonchev–Trinajstić information content (AvgIpc) is 2.78. The van der Waals surface area contributed by atoms with E-state index in [1.807, 2.05) is 6.07 Å². The predicted octanol–water partition coefficient (Wildman–Crippen LogP) is 6.14. The van der Waals surface area contributed by atoms with Crippen molar-refractivity contribution < 1.29 is 14.5 Å². The van der Waals surface area contributed by atoms with Crippen molar-refractivity contribution in [2.75, 3.05) is 5.32 Å². The average molecular weight is 513 g/mol.